The second kappa shape index (κ2) is 9.69. The van der Waals surface area contributed by atoms with E-state index in [9.17, 15) is 4.79 Å². The molecule has 4 aromatic rings. The highest BCUT2D eigenvalue weighted by molar-refractivity contribution is 7.99. The Labute approximate surface area is 190 Å². The summed E-state index contributed by atoms with van der Waals surface area (Å²) in [4.78, 5) is 16.6. The Kier molecular flexibility index (Phi) is 6.55. The van der Waals surface area contributed by atoms with Gasteiger partial charge in [-0.2, -0.15) is 0 Å². The van der Waals surface area contributed by atoms with Gasteiger partial charge in [0.1, 0.15) is 11.6 Å². The third-order valence-electron chi connectivity index (χ3n) is 5.03. The van der Waals surface area contributed by atoms with Crippen LogP contribution < -0.4 is 10.1 Å². The van der Waals surface area contributed by atoms with Crippen molar-refractivity contribution in [2.24, 2.45) is 0 Å². The Morgan fingerprint density at radius 1 is 1.09 bits per heavy atom. The summed E-state index contributed by atoms with van der Waals surface area (Å²) in [5.74, 6) is 1.71. The van der Waals surface area contributed by atoms with Gasteiger partial charge in [-0.3, -0.25) is 9.36 Å². The summed E-state index contributed by atoms with van der Waals surface area (Å²) in [5, 5.41) is 12.1. The SMILES string of the molecule is COc1ccc(-n2c(C)nnc2SCC(=O)N[C@H](C)c2ccc(-n3ccnc3)cc2)cc1. The number of carbonyl (C=O) groups is 1. The minimum atomic E-state index is -0.110. The summed E-state index contributed by atoms with van der Waals surface area (Å²) in [6.45, 7) is 3.86. The predicted molar refractivity (Wildman–Crippen MR) is 123 cm³/mol. The van der Waals surface area contributed by atoms with Crippen LogP contribution in [0.2, 0.25) is 0 Å². The lowest BCUT2D eigenvalue weighted by atomic mass is 10.1. The Hall–Kier alpha value is -3.59. The minimum absolute atomic E-state index is 0.0666. The first kappa shape index (κ1) is 21.6. The number of thioether (sulfide) groups is 1. The van der Waals surface area contributed by atoms with Crippen molar-refractivity contribution in [1.29, 1.82) is 0 Å². The molecule has 0 fully saturated rings. The highest BCUT2D eigenvalue weighted by Gasteiger charge is 2.15. The molecule has 2 heterocycles. The number of benzene rings is 2. The molecule has 164 valence electrons. The maximum Gasteiger partial charge on any atom is 0.230 e. The van der Waals surface area contributed by atoms with Crippen LogP contribution >= 0.6 is 11.8 Å². The number of hydrogen-bond donors (Lipinski definition) is 1. The normalized spacial score (nSPS) is 11.8. The number of ether oxygens (including phenoxy) is 1. The van der Waals surface area contributed by atoms with Gasteiger partial charge in [0.05, 0.1) is 25.2 Å². The minimum Gasteiger partial charge on any atom is -0.497 e. The van der Waals surface area contributed by atoms with Crippen molar-refractivity contribution in [3.8, 4) is 17.1 Å². The van der Waals surface area contributed by atoms with Crippen LogP contribution in [0.15, 0.2) is 72.4 Å². The van der Waals surface area contributed by atoms with Crippen LogP contribution in [0.25, 0.3) is 11.4 Å². The fraction of sp³-hybridized carbons (Fsp3) is 0.217. The second-order valence-electron chi connectivity index (χ2n) is 7.20. The molecule has 0 unspecified atom stereocenters. The van der Waals surface area contributed by atoms with E-state index in [1.807, 2.05) is 77.7 Å². The van der Waals surface area contributed by atoms with E-state index in [4.69, 9.17) is 4.74 Å². The van der Waals surface area contributed by atoms with Crippen molar-refractivity contribution in [3.63, 3.8) is 0 Å². The maximum atomic E-state index is 12.6. The number of amides is 1. The molecule has 0 aliphatic rings. The number of rotatable bonds is 8. The third-order valence-corrected chi connectivity index (χ3v) is 5.96. The van der Waals surface area contributed by atoms with E-state index in [1.54, 1.807) is 19.6 Å². The van der Waals surface area contributed by atoms with Crippen molar-refractivity contribution < 1.29 is 9.53 Å². The molecule has 9 heteroatoms. The first-order valence-corrected chi connectivity index (χ1v) is 11.1. The largest absolute Gasteiger partial charge is 0.497 e. The number of imidazole rings is 1. The van der Waals surface area contributed by atoms with E-state index in [1.165, 1.54) is 11.8 Å². The number of nitrogens with one attached hydrogen (secondary N) is 1. The number of aryl methyl sites for hydroxylation is 1. The summed E-state index contributed by atoms with van der Waals surface area (Å²) in [6.07, 6.45) is 5.39. The first-order valence-electron chi connectivity index (χ1n) is 10.1. The zero-order valence-electron chi connectivity index (χ0n) is 18.1. The fourth-order valence-electron chi connectivity index (χ4n) is 3.31. The van der Waals surface area contributed by atoms with E-state index >= 15 is 0 Å². The van der Waals surface area contributed by atoms with Crippen LogP contribution in [0.4, 0.5) is 0 Å². The number of nitrogens with zero attached hydrogens (tertiary/aromatic N) is 5. The van der Waals surface area contributed by atoms with Gasteiger partial charge < -0.3 is 14.6 Å². The fourth-order valence-corrected chi connectivity index (χ4v) is 4.12. The lowest BCUT2D eigenvalue weighted by Crippen LogP contribution is -2.28. The van der Waals surface area contributed by atoms with E-state index in [0.717, 1.165) is 28.5 Å². The molecule has 8 nitrogen and oxygen atoms in total. The van der Waals surface area contributed by atoms with E-state index in [0.29, 0.717) is 5.16 Å². The van der Waals surface area contributed by atoms with Crippen LogP contribution in [0.1, 0.15) is 24.4 Å². The Balaban J connectivity index is 1.37. The molecule has 0 radical (unpaired) electrons. The average Bonchev–Trinajstić information content (AvgIpc) is 3.48. The lowest BCUT2D eigenvalue weighted by molar-refractivity contribution is -0.119. The van der Waals surface area contributed by atoms with Crippen molar-refractivity contribution in [3.05, 3.63) is 78.6 Å². The summed E-state index contributed by atoms with van der Waals surface area (Å²) in [5.41, 5.74) is 2.97. The number of hydrogen-bond acceptors (Lipinski definition) is 6. The maximum absolute atomic E-state index is 12.6. The van der Waals surface area contributed by atoms with Crippen molar-refractivity contribution >= 4 is 17.7 Å². The molecule has 0 aliphatic carbocycles. The Morgan fingerprint density at radius 2 is 1.81 bits per heavy atom. The standard InChI is InChI=1S/C23H24N6O2S/c1-16(18-4-6-19(7-5-18)28-13-12-24-15-28)25-22(30)14-32-23-27-26-17(2)29(23)20-8-10-21(31-3)11-9-20/h4-13,15-16H,14H2,1-3H3,(H,25,30)/t16-/m1/s1. The molecule has 1 N–H and O–H groups in total. The zero-order chi connectivity index (χ0) is 22.5. The highest BCUT2D eigenvalue weighted by atomic mass is 32.2. The van der Waals surface area contributed by atoms with Crippen LogP contribution in [0, 0.1) is 6.92 Å². The van der Waals surface area contributed by atoms with E-state index < -0.39 is 0 Å². The molecule has 0 saturated heterocycles. The van der Waals surface area contributed by atoms with Gasteiger partial charge in [-0.05, 0) is 55.8 Å². The Bertz CT molecular complexity index is 1170. The second-order valence-corrected chi connectivity index (χ2v) is 8.15. The van der Waals surface area contributed by atoms with Gasteiger partial charge in [-0.25, -0.2) is 4.98 Å². The average molecular weight is 449 g/mol. The van der Waals surface area contributed by atoms with Crippen molar-refractivity contribution in [2.45, 2.75) is 25.0 Å². The summed E-state index contributed by atoms with van der Waals surface area (Å²) in [6, 6.07) is 15.6. The molecule has 2 aromatic carbocycles. The van der Waals surface area contributed by atoms with Crippen LogP contribution in [0.3, 0.4) is 0 Å². The number of methoxy groups -OCH3 is 1. The van der Waals surface area contributed by atoms with Gasteiger partial charge in [0.15, 0.2) is 5.16 Å². The third kappa shape index (κ3) is 4.83. The smallest absolute Gasteiger partial charge is 0.230 e. The molecule has 4 rings (SSSR count). The van der Waals surface area contributed by atoms with Gasteiger partial charge in [-0.15, -0.1) is 10.2 Å². The van der Waals surface area contributed by atoms with Gasteiger partial charge in [0.2, 0.25) is 5.91 Å². The monoisotopic (exact) mass is 448 g/mol. The van der Waals surface area contributed by atoms with E-state index in [2.05, 4.69) is 20.5 Å². The molecular weight excluding hydrogens is 424 g/mol. The van der Waals surface area contributed by atoms with Crippen LogP contribution in [0.5, 0.6) is 5.75 Å². The molecule has 0 saturated carbocycles. The predicted octanol–water partition coefficient (Wildman–Crippen LogP) is 3.74. The molecular formula is C23H24N6O2S. The van der Waals surface area contributed by atoms with Gasteiger partial charge >= 0.3 is 0 Å². The van der Waals surface area contributed by atoms with Crippen molar-refractivity contribution in [1.82, 2.24) is 29.6 Å². The van der Waals surface area contributed by atoms with Crippen LogP contribution in [-0.2, 0) is 4.79 Å². The van der Waals surface area contributed by atoms with Crippen molar-refractivity contribution in [2.75, 3.05) is 12.9 Å². The molecule has 1 amide bonds. The summed E-state index contributed by atoms with van der Waals surface area (Å²) in [7, 11) is 1.63. The summed E-state index contributed by atoms with van der Waals surface area (Å²) >= 11 is 1.35. The topological polar surface area (TPSA) is 86.9 Å². The molecule has 32 heavy (non-hydrogen) atoms. The molecule has 0 spiro atoms. The highest BCUT2D eigenvalue weighted by Crippen LogP contribution is 2.24. The van der Waals surface area contributed by atoms with Gasteiger partial charge in [0, 0.05) is 23.8 Å². The molecule has 1 atom stereocenters. The Morgan fingerprint density at radius 3 is 2.47 bits per heavy atom. The zero-order valence-corrected chi connectivity index (χ0v) is 18.9. The molecule has 2 aromatic heterocycles. The van der Waals surface area contributed by atoms with Gasteiger partial charge in [-0.1, -0.05) is 23.9 Å². The lowest BCUT2D eigenvalue weighted by Gasteiger charge is -2.15. The number of aromatic nitrogens is 5. The van der Waals surface area contributed by atoms with Gasteiger partial charge in [0.25, 0.3) is 0 Å². The molecule has 0 bridgehead atoms. The number of carbonyl (C=O) groups excluding carboxylic acids is 1. The quantitative estimate of drug-likeness (QED) is 0.413. The van der Waals surface area contributed by atoms with Crippen LogP contribution in [-0.4, -0.2) is 43.1 Å². The first-order chi connectivity index (χ1) is 15.5. The molecule has 0 aliphatic heterocycles. The van der Waals surface area contributed by atoms with E-state index in [-0.39, 0.29) is 17.7 Å². The summed E-state index contributed by atoms with van der Waals surface area (Å²) < 4.78 is 9.08.